The smallest absolute Gasteiger partial charge is 0.188 e. The zero-order valence-electron chi connectivity index (χ0n) is 13.9. The van der Waals surface area contributed by atoms with Crippen LogP contribution < -0.4 is 20.5 Å². The number of guanidine groups is 1. The summed E-state index contributed by atoms with van der Waals surface area (Å²) in [6, 6.07) is 5.69. The average molecular weight is 309 g/mol. The van der Waals surface area contributed by atoms with E-state index in [-0.39, 0.29) is 6.10 Å². The van der Waals surface area contributed by atoms with Crippen molar-refractivity contribution in [3.05, 3.63) is 23.8 Å². The van der Waals surface area contributed by atoms with Gasteiger partial charge in [0.25, 0.3) is 0 Å². The van der Waals surface area contributed by atoms with E-state index < -0.39 is 0 Å². The average Bonchev–Trinajstić information content (AvgIpc) is 2.51. The summed E-state index contributed by atoms with van der Waals surface area (Å²) in [5, 5.41) is 3.07. The van der Waals surface area contributed by atoms with E-state index in [4.69, 9.17) is 19.9 Å². The van der Waals surface area contributed by atoms with Crippen molar-refractivity contribution < 1.29 is 14.2 Å². The molecule has 1 aromatic rings. The fourth-order valence-corrected chi connectivity index (χ4v) is 1.82. The highest BCUT2D eigenvalue weighted by Crippen LogP contribution is 2.27. The molecular formula is C16H27N3O3. The Bertz CT molecular complexity index is 476. The van der Waals surface area contributed by atoms with Gasteiger partial charge in [-0.2, -0.15) is 0 Å². The van der Waals surface area contributed by atoms with Crippen LogP contribution in [0.5, 0.6) is 11.5 Å². The first kappa shape index (κ1) is 18.1. The molecule has 0 radical (unpaired) electrons. The molecule has 6 heteroatoms. The fourth-order valence-electron chi connectivity index (χ4n) is 1.82. The van der Waals surface area contributed by atoms with Crippen molar-refractivity contribution in [2.45, 2.75) is 32.9 Å². The van der Waals surface area contributed by atoms with Crippen LogP contribution in [0.3, 0.4) is 0 Å². The molecule has 0 fully saturated rings. The quantitative estimate of drug-likeness (QED) is 0.414. The molecule has 0 aliphatic rings. The maximum Gasteiger partial charge on any atom is 0.188 e. The molecule has 0 amide bonds. The minimum atomic E-state index is 0.260. The van der Waals surface area contributed by atoms with Crippen molar-refractivity contribution in [1.82, 2.24) is 5.32 Å². The molecule has 6 nitrogen and oxygen atoms in total. The topological polar surface area (TPSA) is 78.1 Å². The predicted molar refractivity (Wildman–Crippen MR) is 88.6 cm³/mol. The summed E-state index contributed by atoms with van der Waals surface area (Å²) in [5.74, 6) is 1.82. The van der Waals surface area contributed by atoms with E-state index in [1.807, 2.05) is 32.0 Å². The van der Waals surface area contributed by atoms with E-state index >= 15 is 0 Å². The first-order valence-electron chi connectivity index (χ1n) is 7.43. The molecule has 0 heterocycles. The Balaban J connectivity index is 2.40. The van der Waals surface area contributed by atoms with Gasteiger partial charge in [0.05, 0.1) is 26.9 Å². The number of methoxy groups -OCH3 is 2. The van der Waals surface area contributed by atoms with Gasteiger partial charge in [-0.3, -0.25) is 0 Å². The molecule has 0 bridgehead atoms. The number of hydrogen-bond donors (Lipinski definition) is 2. The van der Waals surface area contributed by atoms with Crippen molar-refractivity contribution >= 4 is 5.96 Å². The highest BCUT2D eigenvalue weighted by molar-refractivity contribution is 5.77. The lowest BCUT2D eigenvalue weighted by molar-refractivity contribution is 0.0777. The first-order chi connectivity index (χ1) is 10.6. The van der Waals surface area contributed by atoms with E-state index in [2.05, 4.69) is 10.3 Å². The van der Waals surface area contributed by atoms with E-state index in [0.29, 0.717) is 30.6 Å². The van der Waals surface area contributed by atoms with Gasteiger partial charge in [0.2, 0.25) is 0 Å². The van der Waals surface area contributed by atoms with Crippen molar-refractivity contribution in [2.75, 3.05) is 27.4 Å². The summed E-state index contributed by atoms with van der Waals surface area (Å²) in [4.78, 5) is 4.30. The zero-order chi connectivity index (χ0) is 16.4. The molecule has 0 spiro atoms. The summed E-state index contributed by atoms with van der Waals surface area (Å²) in [6.45, 7) is 5.99. The summed E-state index contributed by atoms with van der Waals surface area (Å²) >= 11 is 0. The van der Waals surface area contributed by atoms with Gasteiger partial charge in [-0.1, -0.05) is 6.07 Å². The largest absolute Gasteiger partial charge is 0.493 e. The van der Waals surface area contributed by atoms with Gasteiger partial charge < -0.3 is 25.3 Å². The predicted octanol–water partition coefficient (Wildman–Crippen LogP) is 1.92. The van der Waals surface area contributed by atoms with Crippen molar-refractivity contribution in [2.24, 2.45) is 10.7 Å². The second kappa shape index (κ2) is 9.89. The molecule has 0 aliphatic carbocycles. The van der Waals surface area contributed by atoms with E-state index in [1.54, 1.807) is 14.2 Å². The van der Waals surface area contributed by atoms with Gasteiger partial charge in [-0.05, 0) is 38.0 Å². The molecule has 3 N–H and O–H groups in total. The lowest BCUT2D eigenvalue weighted by Crippen LogP contribution is -2.33. The highest BCUT2D eigenvalue weighted by Gasteiger charge is 2.04. The molecule has 0 atom stereocenters. The summed E-state index contributed by atoms with van der Waals surface area (Å²) in [7, 11) is 3.22. The third-order valence-electron chi connectivity index (χ3n) is 2.96. The Morgan fingerprint density at radius 3 is 2.59 bits per heavy atom. The van der Waals surface area contributed by atoms with Crippen LogP contribution in [-0.2, 0) is 11.3 Å². The van der Waals surface area contributed by atoms with Crippen LogP contribution in [0.1, 0.15) is 25.8 Å². The minimum absolute atomic E-state index is 0.260. The number of rotatable bonds is 9. The fraction of sp³-hybridized carbons (Fsp3) is 0.562. The van der Waals surface area contributed by atoms with Crippen LogP contribution >= 0.6 is 0 Å². The minimum Gasteiger partial charge on any atom is -0.493 e. The number of nitrogens with two attached hydrogens (primary N) is 1. The van der Waals surface area contributed by atoms with Crippen LogP contribution in [0.4, 0.5) is 0 Å². The van der Waals surface area contributed by atoms with Gasteiger partial charge >= 0.3 is 0 Å². The van der Waals surface area contributed by atoms with Gasteiger partial charge in [0, 0.05) is 13.2 Å². The Hall–Kier alpha value is -1.95. The van der Waals surface area contributed by atoms with E-state index in [0.717, 1.165) is 18.5 Å². The highest BCUT2D eigenvalue weighted by atomic mass is 16.5. The monoisotopic (exact) mass is 309 g/mol. The maximum atomic E-state index is 5.83. The zero-order valence-corrected chi connectivity index (χ0v) is 13.9. The van der Waals surface area contributed by atoms with Crippen LogP contribution in [0.15, 0.2) is 23.2 Å². The molecule has 0 saturated heterocycles. The molecule has 1 rings (SSSR count). The molecule has 1 aromatic carbocycles. The molecule has 0 aromatic heterocycles. The standard InChI is InChI=1S/C16H27N3O3/c1-12(2)22-9-5-8-18-16(17)19-11-13-6-7-14(20-3)15(10-13)21-4/h6-7,10,12H,5,8-9,11H2,1-4H3,(H3,17,18,19). The summed E-state index contributed by atoms with van der Waals surface area (Å²) in [6.07, 6.45) is 1.15. The van der Waals surface area contributed by atoms with Crippen molar-refractivity contribution in [1.29, 1.82) is 0 Å². The van der Waals surface area contributed by atoms with Crippen molar-refractivity contribution in [3.8, 4) is 11.5 Å². The van der Waals surface area contributed by atoms with E-state index in [1.165, 1.54) is 0 Å². The first-order valence-corrected chi connectivity index (χ1v) is 7.43. The second-order valence-electron chi connectivity index (χ2n) is 5.09. The molecule has 0 aliphatic heterocycles. The number of hydrogen-bond acceptors (Lipinski definition) is 4. The SMILES string of the molecule is COc1ccc(CN=C(N)NCCCOC(C)C)cc1OC. The van der Waals surface area contributed by atoms with Gasteiger partial charge in [-0.15, -0.1) is 0 Å². The van der Waals surface area contributed by atoms with Gasteiger partial charge in [-0.25, -0.2) is 4.99 Å². The summed E-state index contributed by atoms with van der Waals surface area (Å²) in [5.41, 5.74) is 6.84. The number of benzene rings is 1. The molecule has 0 unspecified atom stereocenters. The normalized spacial score (nSPS) is 11.6. The molecule has 0 saturated carbocycles. The Morgan fingerprint density at radius 2 is 1.95 bits per heavy atom. The van der Waals surface area contributed by atoms with Crippen LogP contribution in [0, 0.1) is 0 Å². The third kappa shape index (κ3) is 6.67. The number of nitrogens with zero attached hydrogens (tertiary/aromatic N) is 1. The van der Waals surface area contributed by atoms with E-state index in [9.17, 15) is 0 Å². The van der Waals surface area contributed by atoms with Crippen LogP contribution in [0.25, 0.3) is 0 Å². The Labute approximate surface area is 132 Å². The van der Waals surface area contributed by atoms with Gasteiger partial charge in [0.1, 0.15) is 0 Å². The van der Waals surface area contributed by atoms with Gasteiger partial charge in [0.15, 0.2) is 17.5 Å². The maximum absolute atomic E-state index is 5.83. The molecular weight excluding hydrogens is 282 g/mol. The van der Waals surface area contributed by atoms with Crippen molar-refractivity contribution in [3.63, 3.8) is 0 Å². The lowest BCUT2D eigenvalue weighted by Gasteiger charge is -2.10. The number of aliphatic imine (C=N–C) groups is 1. The Morgan fingerprint density at radius 1 is 1.23 bits per heavy atom. The molecule has 124 valence electrons. The van der Waals surface area contributed by atoms with Crippen LogP contribution in [0.2, 0.25) is 0 Å². The second-order valence-corrected chi connectivity index (χ2v) is 5.09. The number of ether oxygens (including phenoxy) is 3. The number of nitrogens with one attached hydrogen (secondary N) is 1. The third-order valence-corrected chi connectivity index (χ3v) is 2.96. The summed E-state index contributed by atoms with van der Waals surface area (Å²) < 4.78 is 15.9. The molecule has 22 heavy (non-hydrogen) atoms. The van der Waals surface area contributed by atoms with Crippen LogP contribution in [-0.4, -0.2) is 39.4 Å². The lowest BCUT2D eigenvalue weighted by atomic mass is 10.2. The Kier molecular flexibility index (Phi) is 8.14.